The Morgan fingerprint density at radius 1 is 1.29 bits per heavy atom. The van der Waals surface area contributed by atoms with Crippen LogP contribution in [0.3, 0.4) is 0 Å². The molecular weight excluding hydrogens is 319 g/mol. The summed E-state index contributed by atoms with van der Waals surface area (Å²) in [4.78, 5) is 22.1. The molecule has 0 aliphatic heterocycles. The van der Waals surface area contributed by atoms with Gasteiger partial charge in [0.25, 0.3) is 11.2 Å². The van der Waals surface area contributed by atoms with E-state index >= 15 is 0 Å². The Kier molecular flexibility index (Phi) is 3.86. The fraction of sp³-hybridized carbons (Fsp3) is 0.143. The molecule has 0 spiro atoms. The average molecular weight is 330 g/mol. The summed E-state index contributed by atoms with van der Waals surface area (Å²) < 4.78 is 16.3. The predicted octanol–water partition coefficient (Wildman–Crippen LogP) is 1.23. The molecule has 0 N–H and O–H groups in total. The van der Waals surface area contributed by atoms with Crippen LogP contribution in [0, 0.1) is 22.9 Å². The minimum absolute atomic E-state index is 0.133. The van der Waals surface area contributed by atoms with Crippen molar-refractivity contribution in [3.05, 3.63) is 74.2 Å². The van der Waals surface area contributed by atoms with E-state index in [9.17, 15) is 19.3 Å². The molecule has 2 aromatic heterocycles. The summed E-state index contributed by atoms with van der Waals surface area (Å²) in [7, 11) is 0. The fourth-order valence-electron chi connectivity index (χ4n) is 2.18. The third kappa shape index (κ3) is 2.89. The second-order valence-corrected chi connectivity index (χ2v) is 5.07. The van der Waals surface area contributed by atoms with Crippen molar-refractivity contribution in [3.63, 3.8) is 0 Å². The highest BCUT2D eigenvalue weighted by atomic mass is 19.1. The van der Waals surface area contributed by atoms with Gasteiger partial charge in [-0.1, -0.05) is 6.07 Å². The summed E-state index contributed by atoms with van der Waals surface area (Å²) in [6, 6.07) is 6.65. The van der Waals surface area contributed by atoms with E-state index in [1.165, 1.54) is 6.07 Å². The van der Waals surface area contributed by atoms with Gasteiger partial charge < -0.3 is 4.57 Å². The third-order valence-electron chi connectivity index (χ3n) is 3.35. The Morgan fingerprint density at radius 2 is 2.08 bits per heavy atom. The zero-order valence-corrected chi connectivity index (χ0v) is 12.5. The molecular formula is C14H11FN6O3. The summed E-state index contributed by atoms with van der Waals surface area (Å²) in [5.74, 6) is -0.359. The molecule has 0 radical (unpaired) electrons. The molecule has 122 valence electrons. The zero-order valence-electron chi connectivity index (χ0n) is 12.5. The molecule has 0 amide bonds. The van der Waals surface area contributed by atoms with Crippen molar-refractivity contribution in [2.24, 2.45) is 0 Å². The number of nitro groups is 1. The maximum Gasteiger partial charge on any atom is 0.285 e. The third-order valence-corrected chi connectivity index (χ3v) is 3.35. The normalized spacial score (nSPS) is 10.8. The molecule has 2 heterocycles. The summed E-state index contributed by atoms with van der Waals surface area (Å²) in [5.41, 5.74) is 0.240. The molecule has 0 saturated carbocycles. The average Bonchev–Trinajstić information content (AvgIpc) is 2.99. The van der Waals surface area contributed by atoms with Crippen LogP contribution in [-0.2, 0) is 6.54 Å². The first-order valence-electron chi connectivity index (χ1n) is 6.84. The number of hydrogen-bond acceptors (Lipinski definition) is 6. The van der Waals surface area contributed by atoms with Gasteiger partial charge in [0.2, 0.25) is 0 Å². The molecule has 1 aromatic carbocycles. The number of halogens is 1. The van der Waals surface area contributed by atoms with Crippen molar-refractivity contribution in [3.8, 4) is 5.69 Å². The molecule has 0 fully saturated rings. The van der Waals surface area contributed by atoms with E-state index in [0.29, 0.717) is 0 Å². The van der Waals surface area contributed by atoms with Crippen LogP contribution >= 0.6 is 0 Å². The smallest absolute Gasteiger partial charge is 0.285 e. The molecule has 3 rings (SSSR count). The van der Waals surface area contributed by atoms with Gasteiger partial charge in [-0.05, 0) is 35.0 Å². The Bertz CT molecular complexity index is 981. The zero-order chi connectivity index (χ0) is 17.3. The number of nitrogens with zero attached hydrogens (tertiary/aromatic N) is 6. The second-order valence-electron chi connectivity index (χ2n) is 5.07. The molecule has 10 heteroatoms. The first-order valence-corrected chi connectivity index (χ1v) is 6.84. The van der Waals surface area contributed by atoms with Crippen molar-refractivity contribution >= 4 is 5.69 Å². The highest BCUT2D eigenvalue weighted by Gasteiger charge is 2.15. The van der Waals surface area contributed by atoms with E-state index in [2.05, 4.69) is 15.5 Å². The molecule has 24 heavy (non-hydrogen) atoms. The minimum atomic E-state index is -0.612. The number of hydrogen-bond donors (Lipinski definition) is 0. The van der Waals surface area contributed by atoms with Gasteiger partial charge in [0.1, 0.15) is 11.5 Å². The highest BCUT2D eigenvalue weighted by molar-refractivity contribution is 5.36. The second kappa shape index (κ2) is 5.99. The molecule has 0 unspecified atom stereocenters. The SMILES string of the molecule is Cc1ccc(F)c(-n2nnnc2Cn2cc([N+](=O)[O-])ccc2=O)c1. The standard InChI is InChI=1S/C14H11FN6O3/c1-9-2-4-11(15)12(6-9)20-13(16-17-18-20)8-19-7-10(21(23)24)3-5-14(19)22/h2-7H,8H2,1H3. The van der Waals surface area contributed by atoms with E-state index in [1.54, 1.807) is 19.1 Å². The van der Waals surface area contributed by atoms with Crippen molar-refractivity contribution in [2.75, 3.05) is 0 Å². The highest BCUT2D eigenvalue weighted by Crippen LogP contribution is 2.16. The monoisotopic (exact) mass is 330 g/mol. The minimum Gasteiger partial charge on any atom is -0.301 e. The lowest BCUT2D eigenvalue weighted by molar-refractivity contribution is -0.385. The maximum absolute atomic E-state index is 14.0. The number of benzene rings is 1. The predicted molar refractivity (Wildman–Crippen MR) is 80.3 cm³/mol. The van der Waals surface area contributed by atoms with Crippen LogP contribution in [0.1, 0.15) is 11.4 Å². The number of aryl methyl sites for hydroxylation is 1. The number of pyridine rings is 1. The molecule has 0 saturated heterocycles. The number of aromatic nitrogens is 5. The van der Waals surface area contributed by atoms with Crippen LogP contribution in [0.2, 0.25) is 0 Å². The van der Waals surface area contributed by atoms with E-state index in [0.717, 1.165) is 33.1 Å². The lowest BCUT2D eigenvalue weighted by Crippen LogP contribution is -2.21. The fourth-order valence-corrected chi connectivity index (χ4v) is 2.18. The molecule has 0 atom stereocenters. The Balaban J connectivity index is 2.03. The molecule has 3 aromatic rings. The van der Waals surface area contributed by atoms with Gasteiger partial charge in [0, 0.05) is 12.1 Å². The lowest BCUT2D eigenvalue weighted by Gasteiger charge is -2.08. The van der Waals surface area contributed by atoms with Crippen molar-refractivity contribution in [2.45, 2.75) is 13.5 Å². The van der Waals surface area contributed by atoms with Gasteiger partial charge >= 0.3 is 0 Å². The quantitative estimate of drug-likeness (QED) is 0.526. The molecule has 0 bridgehead atoms. The summed E-state index contributed by atoms with van der Waals surface area (Å²) in [6.45, 7) is 1.65. The number of rotatable bonds is 4. The van der Waals surface area contributed by atoms with E-state index < -0.39 is 16.3 Å². The largest absolute Gasteiger partial charge is 0.301 e. The van der Waals surface area contributed by atoms with Crippen LogP contribution in [0.4, 0.5) is 10.1 Å². The van der Waals surface area contributed by atoms with Crippen LogP contribution in [0.25, 0.3) is 5.69 Å². The molecule has 0 aliphatic carbocycles. The van der Waals surface area contributed by atoms with E-state index in [-0.39, 0.29) is 23.7 Å². The van der Waals surface area contributed by atoms with E-state index in [1.807, 2.05) is 0 Å². The molecule has 0 aliphatic rings. The number of tetrazole rings is 1. The van der Waals surface area contributed by atoms with Crippen molar-refractivity contribution in [1.29, 1.82) is 0 Å². The van der Waals surface area contributed by atoms with Gasteiger partial charge in [-0.15, -0.1) is 5.10 Å². The Morgan fingerprint density at radius 3 is 2.83 bits per heavy atom. The van der Waals surface area contributed by atoms with E-state index in [4.69, 9.17) is 0 Å². The Hall–Kier alpha value is -3.43. The van der Waals surface area contributed by atoms with Crippen LogP contribution in [-0.4, -0.2) is 29.7 Å². The van der Waals surface area contributed by atoms with Gasteiger partial charge in [-0.2, -0.15) is 4.68 Å². The van der Waals surface area contributed by atoms with Gasteiger partial charge in [0.15, 0.2) is 5.82 Å². The molecule has 9 nitrogen and oxygen atoms in total. The van der Waals surface area contributed by atoms with Crippen LogP contribution < -0.4 is 5.56 Å². The lowest BCUT2D eigenvalue weighted by atomic mass is 10.2. The van der Waals surface area contributed by atoms with Gasteiger partial charge in [-0.3, -0.25) is 14.9 Å². The summed E-state index contributed by atoms with van der Waals surface area (Å²) >= 11 is 0. The maximum atomic E-state index is 14.0. The van der Waals surface area contributed by atoms with Crippen molar-refractivity contribution in [1.82, 2.24) is 24.8 Å². The van der Waals surface area contributed by atoms with Crippen molar-refractivity contribution < 1.29 is 9.31 Å². The van der Waals surface area contributed by atoms with Crippen LogP contribution in [0.15, 0.2) is 41.3 Å². The van der Waals surface area contributed by atoms with Gasteiger partial charge in [-0.25, -0.2) is 4.39 Å². The first-order chi connectivity index (χ1) is 11.5. The first kappa shape index (κ1) is 15.5. The van der Waals surface area contributed by atoms with Gasteiger partial charge in [0.05, 0.1) is 17.7 Å². The topological polar surface area (TPSA) is 109 Å². The van der Waals surface area contributed by atoms with Crippen LogP contribution in [0.5, 0.6) is 0 Å². The summed E-state index contributed by atoms with van der Waals surface area (Å²) in [5, 5.41) is 21.9. The Labute approximate surface area is 134 Å². The summed E-state index contributed by atoms with van der Waals surface area (Å²) in [6.07, 6.45) is 1.09.